The molecule has 0 saturated heterocycles. The molecule has 0 bridgehead atoms. The number of furan rings is 1. The first-order valence-corrected chi connectivity index (χ1v) is 10.3. The highest BCUT2D eigenvalue weighted by Crippen LogP contribution is 2.33. The predicted molar refractivity (Wildman–Crippen MR) is 114 cm³/mol. The number of rotatable bonds is 4. The van der Waals surface area contributed by atoms with Gasteiger partial charge < -0.3 is 4.42 Å². The fourth-order valence-corrected chi connectivity index (χ4v) is 4.91. The molecule has 5 rings (SSSR count). The van der Waals surface area contributed by atoms with Crippen LogP contribution in [-0.2, 0) is 12.8 Å². The van der Waals surface area contributed by atoms with Gasteiger partial charge in [-0.15, -0.1) is 11.3 Å². The third-order valence-electron chi connectivity index (χ3n) is 5.14. The van der Waals surface area contributed by atoms with Crippen LogP contribution >= 0.6 is 11.3 Å². The van der Waals surface area contributed by atoms with E-state index in [9.17, 15) is 14.9 Å². The van der Waals surface area contributed by atoms with Crippen molar-refractivity contribution in [3.05, 3.63) is 79.4 Å². The van der Waals surface area contributed by atoms with Gasteiger partial charge in [0.15, 0.2) is 0 Å². The van der Waals surface area contributed by atoms with E-state index in [0.717, 1.165) is 36.1 Å². The van der Waals surface area contributed by atoms with Crippen LogP contribution in [0.15, 0.2) is 57.0 Å². The van der Waals surface area contributed by atoms with E-state index in [1.807, 2.05) is 0 Å². The molecule has 0 amide bonds. The molecule has 0 fully saturated rings. The topological polar surface area (TPSA) is 104 Å². The van der Waals surface area contributed by atoms with Gasteiger partial charge in [-0.05, 0) is 43.4 Å². The van der Waals surface area contributed by atoms with Crippen LogP contribution in [0.1, 0.15) is 29.0 Å². The highest BCUT2D eigenvalue weighted by atomic mass is 32.1. The molecule has 0 aliphatic heterocycles. The monoisotopic (exact) mass is 420 g/mol. The van der Waals surface area contributed by atoms with E-state index < -0.39 is 4.92 Å². The van der Waals surface area contributed by atoms with Gasteiger partial charge in [-0.25, -0.2) is 4.98 Å². The molecule has 3 aromatic heterocycles. The van der Waals surface area contributed by atoms with E-state index in [-0.39, 0.29) is 11.2 Å². The number of hydrogen-bond donors (Lipinski definition) is 0. The Balaban J connectivity index is 1.46. The first-order valence-electron chi connectivity index (χ1n) is 9.51. The molecule has 8 nitrogen and oxygen atoms in total. The minimum absolute atomic E-state index is 0.0101. The van der Waals surface area contributed by atoms with Crippen molar-refractivity contribution in [3.63, 3.8) is 0 Å². The second kappa shape index (κ2) is 7.34. The number of thiophene rings is 1. The lowest BCUT2D eigenvalue weighted by atomic mass is 9.97. The molecule has 0 N–H and O–H groups in total. The van der Waals surface area contributed by atoms with Crippen molar-refractivity contribution in [1.29, 1.82) is 0 Å². The highest BCUT2D eigenvalue weighted by molar-refractivity contribution is 7.18. The summed E-state index contributed by atoms with van der Waals surface area (Å²) < 4.78 is 6.95. The van der Waals surface area contributed by atoms with Crippen molar-refractivity contribution in [2.45, 2.75) is 25.7 Å². The Morgan fingerprint density at radius 2 is 2.10 bits per heavy atom. The summed E-state index contributed by atoms with van der Waals surface area (Å²) in [6, 6.07) is 9.61. The van der Waals surface area contributed by atoms with Gasteiger partial charge in [-0.2, -0.15) is 9.78 Å². The Hall–Kier alpha value is -3.59. The quantitative estimate of drug-likeness (QED) is 0.277. The number of benzene rings is 1. The van der Waals surface area contributed by atoms with Crippen LogP contribution in [0.3, 0.4) is 0 Å². The van der Waals surface area contributed by atoms with Crippen LogP contribution in [0.2, 0.25) is 0 Å². The van der Waals surface area contributed by atoms with Gasteiger partial charge in [0.2, 0.25) is 0 Å². The number of nitro benzene ring substituents is 1. The number of aromatic nitrogens is 2. The lowest BCUT2D eigenvalue weighted by molar-refractivity contribution is -0.384. The summed E-state index contributed by atoms with van der Waals surface area (Å²) in [5, 5.41) is 15.9. The zero-order valence-electron chi connectivity index (χ0n) is 15.8. The van der Waals surface area contributed by atoms with E-state index in [4.69, 9.17) is 4.42 Å². The van der Waals surface area contributed by atoms with E-state index in [0.29, 0.717) is 22.5 Å². The lowest BCUT2D eigenvalue weighted by Crippen LogP contribution is -2.17. The molecule has 0 radical (unpaired) electrons. The van der Waals surface area contributed by atoms with Gasteiger partial charge in [0.05, 0.1) is 16.5 Å². The van der Waals surface area contributed by atoms with Crippen molar-refractivity contribution in [2.24, 2.45) is 5.10 Å². The Kier molecular flexibility index (Phi) is 4.51. The molecule has 1 aliphatic rings. The number of nitro groups is 1. The van der Waals surface area contributed by atoms with E-state index in [1.165, 1.54) is 34.2 Å². The first-order chi connectivity index (χ1) is 14.6. The van der Waals surface area contributed by atoms with Crippen LogP contribution in [-0.4, -0.2) is 20.8 Å². The van der Waals surface area contributed by atoms with Gasteiger partial charge >= 0.3 is 0 Å². The molecule has 30 heavy (non-hydrogen) atoms. The van der Waals surface area contributed by atoms with E-state index in [1.54, 1.807) is 35.6 Å². The molecular weight excluding hydrogens is 404 g/mol. The van der Waals surface area contributed by atoms with Gasteiger partial charge in [0.25, 0.3) is 11.2 Å². The van der Waals surface area contributed by atoms with Gasteiger partial charge in [0, 0.05) is 22.6 Å². The predicted octanol–water partition coefficient (Wildman–Crippen LogP) is 4.39. The molecule has 0 atom stereocenters. The molecule has 3 heterocycles. The van der Waals surface area contributed by atoms with Crippen molar-refractivity contribution in [3.8, 4) is 11.3 Å². The summed E-state index contributed by atoms with van der Waals surface area (Å²) in [7, 11) is 0. The highest BCUT2D eigenvalue weighted by Gasteiger charge is 2.19. The van der Waals surface area contributed by atoms with Crippen molar-refractivity contribution < 1.29 is 9.34 Å². The summed E-state index contributed by atoms with van der Waals surface area (Å²) in [6.45, 7) is 0. The summed E-state index contributed by atoms with van der Waals surface area (Å²) in [6.07, 6.45) is 7.01. The number of hydrogen-bond acceptors (Lipinski definition) is 7. The van der Waals surface area contributed by atoms with E-state index in [2.05, 4.69) is 10.1 Å². The molecule has 0 saturated carbocycles. The average Bonchev–Trinajstić information content (AvgIpc) is 3.38. The van der Waals surface area contributed by atoms with Crippen molar-refractivity contribution >= 4 is 33.5 Å². The smallest absolute Gasteiger partial charge is 0.282 e. The first kappa shape index (κ1) is 18.4. The Morgan fingerprint density at radius 1 is 1.23 bits per heavy atom. The number of aryl methyl sites for hydroxylation is 2. The largest absolute Gasteiger partial charge is 0.455 e. The minimum atomic E-state index is -0.451. The van der Waals surface area contributed by atoms with Crippen LogP contribution in [0, 0.1) is 10.1 Å². The molecule has 150 valence electrons. The maximum atomic E-state index is 12.9. The Morgan fingerprint density at radius 3 is 2.97 bits per heavy atom. The van der Waals surface area contributed by atoms with Crippen molar-refractivity contribution in [1.82, 2.24) is 9.66 Å². The molecule has 1 aliphatic carbocycles. The SMILES string of the molecule is O=c1c2c3c(sc2ncn1/N=C/c1ccc(-c2cccc([N+](=O)[O-])c2)o1)CCCC3. The average molecular weight is 420 g/mol. The zero-order valence-corrected chi connectivity index (χ0v) is 16.6. The molecule has 0 spiro atoms. The Bertz CT molecular complexity index is 1370. The fraction of sp³-hybridized carbons (Fsp3) is 0.190. The van der Waals surface area contributed by atoms with Gasteiger partial charge in [-0.1, -0.05) is 12.1 Å². The third kappa shape index (κ3) is 3.22. The maximum absolute atomic E-state index is 12.9. The molecule has 4 aromatic rings. The second-order valence-corrected chi connectivity index (χ2v) is 8.12. The van der Waals surface area contributed by atoms with Gasteiger partial charge in [0.1, 0.15) is 22.7 Å². The molecule has 0 unspecified atom stereocenters. The van der Waals surface area contributed by atoms with Gasteiger partial charge in [-0.3, -0.25) is 14.9 Å². The summed E-state index contributed by atoms with van der Waals surface area (Å²) >= 11 is 1.60. The summed E-state index contributed by atoms with van der Waals surface area (Å²) in [5.74, 6) is 0.906. The minimum Gasteiger partial charge on any atom is -0.455 e. The van der Waals surface area contributed by atoms with Crippen LogP contribution in [0.4, 0.5) is 5.69 Å². The molecular formula is C21H16N4O4S. The number of nitrogens with zero attached hydrogens (tertiary/aromatic N) is 4. The third-order valence-corrected chi connectivity index (χ3v) is 6.34. The summed E-state index contributed by atoms with van der Waals surface area (Å²) in [4.78, 5) is 29.9. The fourth-order valence-electron chi connectivity index (χ4n) is 3.69. The van der Waals surface area contributed by atoms with E-state index >= 15 is 0 Å². The summed E-state index contributed by atoms with van der Waals surface area (Å²) in [5.41, 5.74) is 1.52. The maximum Gasteiger partial charge on any atom is 0.282 e. The number of fused-ring (bicyclic) bond motifs is 3. The number of non-ortho nitro benzene ring substituents is 1. The van der Waals surface area contributed by atoms with Crippen LogP contribution < -0.4 is 5.56 Å². The standard InChI is InChI=1S/C21H16N4O4S/c26-21-19-16-6-1-2-7-18(16)30-20(19)22-12-24(21)23-11-15-8-9-17(29-15)13-4-3-5-14(10-13)25(27)28/h3-5,8-12H,1-2,6-7H2/b23-11+. The molecule has 9 heteroatoms. The Labute approximate surface area is 174 Å². The second-order valence-electron chi connectivity index (χ2n) is 7.04. The van der Waals surface area contributed by atoms with Crippen LogP contribution in [0.25, 0.3) is 21.5 Å². The molecule has 1 aromatic carbocycles. The van der Waals surface area contributed by atoms with Crippen LogP contribution in [0.5, 0.6) is 0 Å². The van der Waals surface area contributed by atoms with Crippen molar-refractivity contribution in [2.75, 3.05) is 0 Å². The normalized spacial score (nSPS) is 13.7. The lowest BCUT2D eigenvalue weighted by Gasteiger charge is -2.09. The zero-order chi connectivity index (χ0) is 20.7.